The monoisotopic (exact) mass is 1340 g/mol. The van der Waals surface area contributed by atoms with Gasteiger partial charge in [-0.2, -0.15) is 0 Å². The van der Waals surface area contributed by atoms with E-state index in [9.17, 15) is 48.6 Å². The number of likely N-dealkylation sites (N-methyl/N-ethyl adjacent to an activating group) is 7. The average Bonchev–Trinajstić information content (AvgIpc) is 0.812. The van der Waals surface area contributed by atoms with Crippen LogP contribution in [0.15, 0.2) is 36.5 Å². The fraction of sp³-hybridized carbons (Fsp3) is 0.714. The van der Waals surface area contributed by atoms with Crippen LogP contribution in [-0.2, 0) is 59.2 Å². The third-order valence-electron chi connectivity index (χ3n) is 18.1. The Morgan fingerprint density at radius 2 is 1.00 bits per heavy atom. The molecule has 25 heteroatoms. The van der Waals surface area contributed by atoms with Crippen molar-refractivity contribution in [2.24, 2.45) is 41.4 Å². The van der Waals surface area contributed by atoms with E-state index in [1.807, 2.05) is 55.4 Å². The van der Waals surface area contributed by atoms with Crippen molar-refractivity contribution in [3.8, 4) is 0 Å². The maximum absolute atomic E-state index is 15.4. The number of nitrogens with zero attached hydrogens (tertiary/aromatic N) is 7. The van der Waals surface area contributed by atoms with Crippen molar-refractivity contribution in [1.29, 1.82) is 0 Å². The van der Waals surface area contributed by atoms with Gasteiger partial charge in [0.15, 0.2) is 0 Å². The Kier molecular flexibility index (Phi) is 33.2. The number of carbonyl (C=O) groups is 12. The summed E-state index contributed by atoms with van der Waals surface area (Å²) in [5.41, 5.74) is 0.424. The molecule has 95 heavy (non-hydrogen) atoms. The molecule has 1 aliphatic rings. The van der Waals surface area contributed by atoms with E-state index in [1.54, 1.807) is 59.7 Å². The first-order valence-corrected chi connectivity index (χ1v) is 33.8. The highest BCUT2D eigenvalue weighted by molar-refractivity contribution is 6.02. The molecule has 12 atom stereocenters. The Bertz CT molecular complexity index is 2860. The quantitative estimate of drug-likeness (QED) is 0.100. The van der Waals surface area contributed by atoms with Crippen molar-refractivity contribution in [2.45, 2.75) is 235 Å². The molecule has 0 aliphatic carbocycles. The Balaban J connectivity index is 3.03. The maximum Gasteiger partial charge on any atom is 0.335 e. The van der Waals surface area contributed by atoms with Gasteiger partial charge in [-0.05, 0) is 131 Å². The SMILES string of the molecule is C=C1C(=O)N(C)[C@@H](CC(C)C)C(=O)N[C@H](C(C)C)C(=O)N(C)[C@H](CCC(C)C)C(=O)N[C@H](C)C(=O)N[C@@H](C)C(=O)N(C)[C@@H](CC(C)C)C(=O)N(C)[C@H](CC(C)C)C(=O)N(C)[C@H](C(C)C)C(=O)N(C)[C@@H]([C@H](O)[C@H](C)CCCc2cccc(C(=O)O)c2)C(=O)N[C@H](CC)C(=O)N1C. The first-order chi connectivity index (χ1) is 44.0. The van der Waals surface area contributed by atoms with Gasteiger partial charge in [0.05, 0.1) is 11.7 Å². The van der Waals surface area contributed by atoms with Gasteiger partial charge in [0.1, 0.15) is 66.1 Å². The highest BCUT2D eigenvalue weighted by atomic mass is 16.4. The van der Waals surface area contributed by atoms with Gasteiger partial charge in [-0.1, -0.05) is 116 Å². The third-order valence-corrected chi connectivity index (χ3v) is 18.1. The largest absolute Gasteiger partial charge is 0.478 e. The van der Waals surface area contributed by atoms with Gasteiger partial charge in [-0.15, -0.1) is 0 Å². The van der Waals surface area contributed by atoms with Crippen LogP contribution in [0.25, 0.3) is 0 Å². The van der Waals surface area contributed by atoms with E-state index in [0.29, 0.717) is 19.3 Å². The van der Waals surface area contributed by atoms with Crippen molar-refractivity contribution in [3.05, 3.63) is 47.7 Å². The molecule has 0 aromatic heterocycles. The molecule has 0 bridgehead atoms. The van der Waals surface area contributed by atoms with Gasteiger partial charge < -0.3 is 65.8 Å². The zero-order valence-corrected chi connectivity index (χ0v) is 61.2. The first-order valence-electron chi connectivity index (χ1n) is 33.8. The molecule has 536 valence electrons. The van der Waals surface area contributed by atoms with Gasteiger partial charge in [0.2, 0.25) is 59.1 Å². The fourth-order valence-electron chi connectivity index (χ4n) is 12.0. The summed E-state index contributed by atoms with van der Waals surface area (Å²) in [4.78, 5) is 182. The number of aromatic carboxylic acids is 1. The summed E-state index contributed by atoms with van der Waals surface area (Å²) in [6, 6.07) is -6.56. The Labute approximate surface area is 565 Å². The number of benzene rings is 1. The minimum absolute atomic E-state index is 0.0700. The number of carboxylic acid groups (broad SMARTS) is 1. The number of aliphatic hydroxyl groups excluding tert-OH is 1. The normalized spacial score (nSPS) is 25.2. The summed E-state index contributed by atoms with van der Waals surface area (Å²) in [6.07, 6.45) is 0.349. The number of aryl methyl sites for hydroxylation is 1. The molecular formula is C70H117N11O14. The number of nitrogens with one attached hydrogen (secondary N) is 4. The van der Waals surface area contributed by atoms with Gasteiger partial charge in [0, 0.05) is 49.3 Å². The van der Waals surface area contributed by atoms with Crippen molar-refractivity contribution >= 4 is 70.9 Å². The molecule has 1 fully saturated rings. The summed E-state index contributed by atoms with van der Waals surface area (Å²) in [5.74, 6) is -11.7. The van der Waals surface area contributed by atoms with Crippen LogP contribution in [0.3, 0.4) is 0 Å². The van der Waals surface area contributed by atoms with Crippen molar-refractivity contribution < 1.29 is 67.7 Å². The lowest BCUT2D eigenvalue weighted by Gasteiger charge is -2.41. The van der Waals surface area contributed by atoms with Crippen LogP contribution in [0.4, 0.5) is 0 Å². The van der Waals surface area contributed by atoms with Gasteiger partial charge in [0.25, 0.3) is 5.91 Å². The van der Waals surface area contributed by atoms with Crippen molar-refractivity contribution in [2.75, 3.05) is 49.3 Å². The van der Waals surface area contributed by atoms with E-state index in [0.717, 1.165) is 20.3 Å². The van der Waals surface area contributed by atoms with Crippen molar-refractivity contribution in [1.82, 2.24) is 55.6 Å². The van der Waals surface area contributed by atoms with Crippen LogP contribution in [0.1, 0.15) is 178 Å². The third kappa shape index (κ3) is 23.1. The molecule has 2 rings (SSSR count). The lowest BCUT2D eigenvalue weighted by Crippen LogP contribution is -2.63. The molecule has 0 saturated carbocycles. The lowest BCUT2D eigenvalue weighted by molar-refractivity contribution is -0.157. The first kappa shape index (κ1) is 83.6. The topological polar surface area (TPSA) is 316 Å². The summed E-state index contributed by atoms with van der Waals surface area (Å²) < 4.78 is 0. The molecule has 6 N–H and O–H groups in total. The van der Waals surface area contributed by atoms with Gasteiger partial charge in [-0.3, -0.25) is 52.7 Å². The van der Waals surface area contributed by atoms with E-state index >= 15 is 19.2 Å². The molecule has 0 radical (unpaired) electrons. The molecule has 1 heterocycles. The van der Waals surface area contributed by atoms with Crippen LogP contribution < -0.4 is 21.3 Å². The summed E-state index contributed by atoms with van der Waals surface area (Å²) in [5, 5.41) is 33.1. The molecule has 1 aromatic carbocycles. The second kappa shape index (κ2) is 37.7. The summed E-state index contributed by atoms with van der Waals surface area (Å²) in [7, 11) is 9.65. The van der Waals surface area contributed by atoms with Crippen LogP contribution in [0.5, 0.6) is 0 Å². The molecule has 0 spiro atoms. The smallest absolute Gasteiger partial charge is 0.335 e. The number of rotatable bonds is 19. The second-order valence-corrected chi connectivity index (χ2v) is 28.6. The van der Waals surface area contributed by atoms with E-state index < -0.39 is 161 Å². The van der Waals surface area contributed by atoms with Crippen molar-refractivity contribution in [3.63, 3.8) is 0 Å². The molecule has 25 nitrogen and oxygen atoms in total. The number of carbonyl (C=O) groups excluding carboxylic acids is 11. The molecule has 1 aromatic rings. The summed E-state index contributed by atoms with van der Waals surface area (Å²) in [6.45, 7) is 31.9. The Hall–Kier alpha value is -7.44. The number of hydrogen-bond donors (Lipinski definition) is 6. The number of aliphatic hydroxyl groups is 1. The molecular weight excluding hydrogens is 1220 g/mol. The van der Waals surface area contributed by atoms with Crippen LogP contribution >= 0.6 is 0 Å². The maximum atomic E-state index is 15.4. The highest BCUT2D eigenvalue weighted by Crippen LogP contribution is 2.27. The predicted octanol–water partition coefficient (Wildman–Crippen LogP) is 4.93. The van der Waals surface area contributed by atoms with E-state index in [2.05, 4.69) is 27.8 Å². The van der Waals surface area contributed by atoms with E-state index in [4.69, 9.17) is 0 Å². The van der Waals surface area contributed by atoms with E-state index in [1.165, 1.54) is 88.8 Å². The fourth-order valence-corrected chi connectivity index (χ4v) is 12.0. The van der Waals surface area contributed by atoms with Crippen LogP contribution in [0, 0.1) is 41.4 Å². The number of amides is 11. The molecule has 1 aliphatic heterocycles. The minimum atomic E-state index is -1.73. The summed E-state index contributed by atoms with van der Waals surface area (Å²) >= 11 is 0. The Morgan fingerprint density at radius 1 is 0.516 bits per heavy atom. The second-order valence-electron chi connectivity index (χ2n) is 28.6. The van der Waals surface area contributed by atoms with Crippen LogP contribution in [0.2, 0.25) is 0 Å². The zero-order chi connectivity index (χ0) is 73.1. The van der Waals surface area contributed by atoms with Gasteiger partial charge in [-0.25, -0.2) is 4.79 Å². The average molecular weight is 1340 g/mol. The van der Waals surface area contributed by atoms with E-state index in [-0.39, 0.29) is 67.8 Å². The lowest BCUT2D eigenvalue weighted by atomic mass is 9.89. The zero-order valence-electron chi connectivity index (χ0n) is 61.2. The minimum Gasteiger partial charge on any atom is -0.478 e. The predicted molar refractivity (Wildman–Crippen MR) is 364 cm³/mol. The Morgan fingerprint density at radius 3 is 1.49 bits per heavy atom. The molecule has 0 unspecified atom stereocenters. The van der Waals surface area contributed by atoms with Gasteiger partial charge >= 0.3 is 5.97 Å². The highest BCUT2D eigenvalue weighted by Gasteiger charge is 2.46. The number of carboxylic acids is 1. The molecule has 11 amide bonds. The molecule has 1 saturated heterocycles. The number of hydrogen-bond acceptors (Lipinski definition) is 13. The van der Waals surface area contributed by atoms with Crippen LogP contribution in [-0.4, -0.2) is 231 Å². The standard InChI is InChI=1S/C70H117N11O14/c1-25-50-65(89)75(18)47(17)64(88)77(20)52(34-39(4)5)61(85)74-55(42(10)11)68(92)76(19)51(33-32-38(2)3)60(84)71-45(15)59(83)72-46(16)63(87)78(21)53(35-40(6)7)66(90)79(22)54(36-41(8)9)67(91)80(23)56(43(12)13)69(93)81(24)57(62(86)73-50)58(82)44(14)28-26-29-48-30-27-31-49(37-48)70(94)95/h27,30-31,37-46,50-58,82H,17,25-26,28-29,32-36H2,1-16,18-24H3,(H,71,84)(H,72,83)(H,73,86)(H,74,85)(H,94,95)/t44-,45-,46+,50-,51-,52+,53+,54-,55-,56-,57+,58-/m1/s1.